The van der Waals surface area contributed by atoms with E-state index in [2.05, 4.69) is 15.2 Å². The molecule has 4 aromatic rings. The second kappa shape index (κ2) is 7.93. The standard InChI is InChI=1S/C24H22FN5O2S/c25-8-11-29-9-5-14(6-10-29)30-18-4-2-1-3-16(18)21(28-30)20-19(22(31)27-23(20)32)17-13-26-24-15(17)7-12-33-24/h1-4,7,12-14,26H,5-6,8-11H2,(H,27,31,32). The molecule has 0 bridgehead atoms. The first-order valence-electron chi connectivity index (χ1n) is 11.1. The van der Waals surface area contributed by atoms with Gasteiger partial charge in [-0.3, -0.25) is 19.6 Å². The Kier molecular flexibility index (Phi) is 4.88. The highest BCUT2D eigenvalue weighted by Gasteiger charge is 2.36. The number of nitrogens with one attached hydrogen (secondary N) is 2. The van der Waals surface area contributed by atoms with Crippen LogP contribution in [0, 0.1) is 0 Å². The predicted molar refractivity (Wildman–Crippen MR) is 127 cm³/mol. The molecule has 1 fully saturated rings. The molecule has 1 aromatic carbocycles. The molecule has 0 aliphatic carbocycles. The summed E-state index contributed by atoms with van der Waals surface area (Å²) >= 11 is 1.55. The van der Waals surface area contributed by atoms with Gasteiger partial charge in [0.1, 0.15) is 17.2 Å². The smallest absolute Gasteiger partial charge is 0.261 e. The minimum absolute atomic E-state index is 0.152. The van der Waals surface area contributed by atoms with Gasteiger partial charge >= 0.3 is 0 Å². The lowest BCUT2D eigenvalue weighted by Crippen LogP contribution is -2.36. The second-order valence-corrected chi connectivity index (χ2v) is 9.39. The van der Waals surface area contributed by atoms with Crippen molar-refractivity contribution in [1.82, 2.24) is 25.0 Å². The van der Waals surface area contributed by atoms with Gasteiger partial charge in [0.15, 0.2) is 0 Å². The number of fused-ring (bicyclic) bond motifs is 2. The Bertz CT molecular complexity index is 1420. The van der Waals surface area contributed by atoms with Gasteiger partial charge in [-0.2, -0.15) is 5.10 Å². The number of hydrogen-bond donors (Lipinski definition) is 2. The number of hydrogen-bond acceptors (Lipinski definition) is 5. The average molecular weight is 464 g/mol. The van der Waals surface area contributed by atoms with Crippen LogP contribution < -0.4 is 5.32 Å². The Hall–Kier alpha value is -3.30. The predicted octanol–water partition coefficient (Wildman–Crippen LogP) is 3.75. The topological polar surface area (TPSA) is 83.0 Å². The maximum absolute atomic E-state index is 13.0. The number of imide groups is 1. The number of alkyl halides is 1. The van der Waals surface area contributed by atoms with Gasteiger partial charge in [-0.1, -0.05) is 18.2 Å². The van der Waals surface area contributed by atoms with Crippen LogP contribution in [0.2, 0.25) is 0 Å². The van der Waals surface area contributed by atoms with E-state index in [1.807, 2.05) is 40.4 Å². The number of halogens is 1. The van der Waals surface area contributed by atoms with E-state index in [1.54, 1.807) is 17.5 Å². The van der Waals surface area contributed by atoms with Gasteiger partial charge in [-0.25, -0.2) is 4.39 Å². The first-order valence-corrected chi connectivity index (χ1v) is 11.9. The van der Waals surface area contributed by atoms with Crippen molar-refractivity contribution < 1.29 is 14.0 Å². The molecule has 2 amide bonds. The van der Waals surface area contributed by atoms with E-state index in [4.69, 9.17) is 5.10 Å². The van der Waals surface area contributed by atoms with Gasteiger partial charge in [0.05, 0.1) is 22.7 Å². The third-order valence-corrected chi connectivity index (χ3v) is 7.50. The van der Waals surface area contributed by atoms with Gasteiger partial charge in [0.2, 0.25) is 0 Å². The third-order valence-electron chi connectivity index (χ3n) is 6.66. The number of likely N-dealkylation sites (tertiary alicyclic amines) is 1. The van der Waals surface area contributed by atoms with Crippen molar-refractivity contribution in [2.75, 3.05) is 26.3 Å². The Labute approximate surface area is 192 Å². The first kappa shape index (κ1) is 20.3. The van der Waals surface area contributed by atoms with E-state index in [-0.39, 0.29) is 12.7 Å². The number of aromatic amines is 1. The van der Waals surface area contributed by atoms with Crippen LogP contribution in [0.25, 0.3) is 32.3 Å². The largest absolute Gasteiger partial charge is 0.352 e. The van der Waals surface area contributed by atoms with Gasteiger partial charge in [0.25, 0.3) is 11.8 Å². The number of rotatable bonds is 5. The third kappa shape index (κ3) is 3.22. The van der Waals surface area contributed by atoms with Crippen molar-refractivity contribution in [3.8, 4) is 0 Å². The second-order valence-electron chi connectivity index (χ2n) is 8.47. The van der Waals surface area contributed by atoms with Crippen LogP contribution in [-0.4, -0.2) is 57.8 Å². The zero-order valence-electron chi connectivity index (χ0n) is 17.8. The Balaban J connectivity index is 1.50. The normalized spacial score (nSPS) is 18.2. The van der Waals surface area contributed by atoms with E-state index in [0.717, 1.165) is 47.1 Å². The van der Waals surface area contributed by atoms with Crippen molar-refractivity contribution in [3.05, 3.63) is 53.2 Å². The quantitative estimate of drug-likeness (QED) is 0.442. The summed E-state index contributed by atoms with van der Waals surface area (Å²) in [6, 6.07) is 9.93. The van der Waals surface area contributed by atoms with Crippen LogP contribution in [0.3, 0.4) is 0 Å². The van der Waals surface area contributed by atoms with Crippen LogP contribution >= 0.6 is 11.3 Å². The van der Waals surface area contributed by atoms with Crippen LogP contribution in [-0.2, 0) is 9.59 Å². The fourth-order valence-electron chi connectivity index (χ4n) is 5.05. The van der Waals surface area contributed by atoms with Gasteiger partial charge in [-0.05, 0) is 30.4 Å². The molecule has 0 spiro atoms. The fraction of sp³-hybridized carbons (Fsp3) is 0.292. The maximum atomic E-state index is 13.0. The van der Waals surface area contributed by atoms with E-state index >= 15 is 0 Å². The molecule has 0 saturated carbocycles. The van der Waals surface area contributed by atoms with Crippen molar-refractivity contribution in [3.63, 3.8) is 0 Å². The molecule has 3 aromatic heterocycles. The van der Waals surface area contributed by atoms with Crippen LogP contribution in [0.15, 0.2) is 41.9 Å². The number of benzene rings is 1. The number of nitrogens with zero attached hydrogens (tertiary/aromatic N) is 3. The number of piperidine rings is 1. The summed E-state index contributed by atoms with van der Waals surface area (Å²) in [6.45, 7) is 1.75. The van der Waals surface area contributed by atoms with E-state index in [0.29, 0.717) is 28.9 Å². The number of carbonyl (C=O) groups is 2. The number of amides is 2. The lowest BCUT2D eigenvalue weighted by molar-refractivity contribution is -0.122. The molecule has 9 heteroatoms. The van der Waals surface area contributed by atoms with E-state index in [1.165, 1.54) is 0 Å². The zero-order valence-corrected chi connectivity index (χ0v) is 18.6. The Morgan fingerprint density at radius 1 is 1.06 bits per heavy atom. The van der Waals surface area contributed by atoms with E-state index in [9.17, 15) is 14.0 Å². The molecule has 5 heterocycles. The SMILES string of the molecule is O=C1NC(=O)C(c2nn(C3CCN(CCF)CC3)c3ccccc23)=C1c1c[nH]c2sccc12. The van der Waals surface area contributed by atoms with Crippen molar-refractivity contribution in [2.24, 2.45) is 0 Å². The highest BCUT2D eigenvalue weighted by atomic mass is 32.1. The number of aromatic nitrogens is 3. The number of para-hydroxylation sites is 1. The van der Waals surface area contributed by atoms with Crippen molar-refractivity contribution in [1.29, 1.82) is 0 Å². The summed E-state index contributed by atoms with van der Waals surface area (Å²) in [4.78, 5) is 32.2. The maximum Gasteiger partial charge on any atom is 0.261 e. The van der Waals surface area contributed by atoms with Crippen molar-refractivity contribution >= 4 is 55.4 Å². The molecule has 2 aliphatic heterocycles. The molecule has 2 aliphatic rings. The first-order chi connectivity index (χ1) is 16.2. The minimum atomic E-state index is -0.423. The van der Waals surface area contributed by atoms with E-state index < -0.39 is 11.8 Å². The molecule has 168 valence electrons. The molecule has 1 saturated heterocycles. The lowest BCUT2D eigenvalue weighted by atomic mass is 9.98. The molecular weight excluding hydrogens is 441 g/mol. The average Bonchev–Trinajstić information content (AvgIpc) is 3.57. The summed E-state index contributed by atoms with van der Waals surface area (Å²) in [7, 11) is 0. The Morgan fingerprint density at radius 2 is 1.85 bits per heavy atom. The van der Waals surface area contributed by atoms with Crippen LogP contribution in [0.1, 0.15) is 30.1 Å². The molecule has 7 nitrogen and oxygen atoms in total. The number of thiophene rings is 1. The number of H-pyrrole nitrogens is 1. The summed E-state index contributed by atoms with van der Waals surface area (Å²) in [5, 5.41) is 11.1. The molecular formula is C24H22FN5O2S. The summed E-state index contributed by atoms with van der Waals surface area (Å²) in [5.74, 6) is -0.826. The Morgan fingerprint density at radius 3 is 2.67 bits per heavy atom. The summed E-state index contributed by atoms with van der Waals surface area (Å²) < 4.78 is 14.7. The highest BCUT2D eigenvalue weighted by Crippen LogP contribution is 2.39. The molecule has 0 unspecified atom stereocenters. The van der Waals surface area contributed by atoms with Crippen LogP contribution in [0.4, 0.5) is 4.39 Å². The highest BCUT2D eigenvalue weighted by molar-refractivity contribution is 7.16. The van der Waals surface area contributed by atoms with Gasteiger partial charge in [-0.15, -0.1) is 11.3 Å². The molecule has 0 radical (unpaired) electrons. The van der Waals surface area contributed by atoms with Gasteiger partial charge < -0.3 is 9.88 Å². The monoisotopic (exact) mass is 463 g/mol. The zero-order chi connectivity index (χ0) is 22.5. The molecule has 2 N–H and O–H groups in total. The summed E-state index contributed by atoms with van der Waals surface area (Å²) in [5.41, 5.74) is 2.85. The molecule has 0 atom stereocenters. The lowest BCUT2D eigenvalue weighted by Gasteiger charge is -2.31. The van der Waals surface area contributed by atoms with Gasteiger partial charge in [0, 0.05) is 42.2 Å². The molecule has 33 heavy (non-hydrogen) atoms. The summed E-state index contributed by atoms with van der Waals surface area (Å²) in [6.07, 6.45) is 3.50. The van der Waals surface area contributed by atoms with Crippen molar-refractivity contribution in [2.45, 2.75) is 18.9 Å². The fourth-order valence-corrected chi connectivity index (χ4v) is 5.82. The minimum Gasteiger partial charge on any atom is -0.352 e. The number of carbonyl (C=O) groups excluding carboxylic acids is 2. The molecule has 6 rings (SSSR count). The van der Waals surface area contributed by atoms with Crippen LogP contribution in [0.5, 0.6) is 0 Å².